The maximum Gasteiger partial charge on any atom is 0.305 e. The largest absolute Gasteiger partial charge is 0.481 e. The lowest BCUT2D eigenvalue weighted by molar-refractivity contribution is -0.142. The van der Waals surface area contributed by atoms with Crippen molar-refractivity contribution in [2.45, 2.75) is 63.8 Å². The maximum atomic E-state index is 11.2. The minimum Gasteiger partial charge on any atom is -0.481 e. The summed E-state index contributed by atoms with van der Waals surface area (Å²) in [7, 11) is 0. The Labute approximate surface area is 104 Å². The molecule has 2 fully saturated rings. The fraction of sp³-hybridized carbons (Fsp3) is 0.929. The van der Waals surface area contributed by atoms with Gasteiger partial charge in [0.2, 0.25) is 0 Å². The first kappa shape index (κ1) is 12.9. The van der Waals surface area contributed by atoms with Crippen LogP contribution in [0.3, 0.4) is 0 Å². The van der Waals surface area contributed by atoms with E-state index >= 15 is 0 Å². The Bertz CT molecular complexity index is 273. The molecular formula is C14H25NO2. The van der Waals surface area contributed by atoms with E-state index in [2.05, 4.69) is 11.8 Å². The number of piperidine rings is 1. The fourth-order valence-corrected chi connectivity index (χ4v) is 4.07. The summed E-state index contributed by atoms with van der Waals surface area (Å²) in [4.78, 5) is 13.8. The van der Waals surface area contributed by atoms with Gasteiger partial charge in [-0.05, 0) is 44.7 Å². The van der Waals surface area contributed by atoms with Gasteiger partial charge in [-0.25, -0.2) is 0 Å². The quantitative estimate of drug-likeness (QED) is 0.820. The molecule has 1 saturated carbocycles. The van der Waals surface area contributed by atoms with Crippen molar-refractivity contribution in [2.75, 3.05) is 13.1 Å². The zero-order valence-electron chi connectivity index (χ0n) is 11.0. The Balaban J connectivity index is 2.18. The Morgan fingerprint density at radius 1 is 1.29 bits per heavy atom. The second-order valence-electron chi connectivity index (χ2n) is 5.72. The highest BCUT2D eigenvalue weighted by molar-refractivity contribution is 5.68. The Morgan fingerprint density at radius 3 is 2.59 bits per heavy atom. The van der Waals surface area contributed by atoms with Gasteiger partial charge >= 0.3 is 5.97 Å². The van der Waals surface area contributed by atoms with Crippen LogP contribution in [-0.2, 0) is 4.79 Å². The Hall–Kier alpha value is -0.570. The molecule has 0 aromatic rings. The van der Waals surface area contributed by atoms with Crippen molar-refractivity contribution in [3.8, 4) is 0 Å². The zero-order chi connectivity index (χ0) is 12.3. The highest BCUT2D eigenvalue weighted by Crippen LogP contribution is 2.45. The number of aliphatic carboxylic acids is 1. The molecule has 0 aromatic carbocycles. The molecule has 2 atom stereocenters. The van der Waals surface area contributed by atoms with Gasteiger partial charge in [-0.2, -0.15) is 0 Å². The van der Waals surface area contributed by atoms with Gasteiger partial charge in [-0.1, -0.05) is 26.2 Å². The monoisotopic (exact) mass is 239 g/mol. The third-order valence-electron chi connectivity index (χ3n) is 4.86. The number of rotatable bonds is 4. The zero-order valence-corrected chi connectivity index (χ0v) is 11.0. The molecule has 1 heterocycles. The van der Waals surface area contributed by atoms with Crippen LogP contribution in [0.15, 0.2) is 0 Å². The summed E-state index contributed by atoms with van der Waals surface area (Å²) in [6, 6.07) is 0. The van der Waals surface area contributed by atoms with Crippen molar-refractivity contribution in [1.29, 1.82) is 0 Å². The second-order valence-corrected chi connectivity index (χ2v) is 5.72. The lowest BCUT2D eigenvalue weighted by atomic mass is 9.79. The van der Waals surface area contributed by atoms with Crippen LogP contribution in [0, 0.1) is 5.92 Å². The first-order valence-corrected chi connectivity index (χ1v) is 7.16. The van der Waals surface area contributed by atoms with Gasteiger partial charge in [-0.15, -0.1) is 0 Å². The van der Waals surface area contributed by atoms with Gasteiger partial charge in [-0.3, -0.25) is 9.69 Å². The lowest BCUT2D eigenvalue weighted by Crippen LogP contribution is -2.54. The smallest absolute Gasteiger partial charge is 0.305 e. The third-order valence-corrected chi connectivity index (χ3v) is 4.86. The van der Waals surface area contributed by atoms with Crippen LogP contribution in [0.2, 0.25) is 0 Å². The lowest BCUT2D eigenvalue weighted by Gasteiger charge is -2.46. The molecule has 0 bridgehead atoms. The molecular weight excluding hydrogens is 214 g/mol. The standard InChI is InChI=1S/C14H25NO2/c1-2-12-7-6-8-14(12,11-13(16)17)15-9-4-3-5-10-15/h12H,2-11H2,1H3,(H,16,17). The Morgan fingerprint density at radius 2 is 2.00 bits per heavy atom. The molecule has 98 valence electrons. The molecule has 1 aliphatic heterocycles. The van der Waals surface area contributed by atoms with Crippen LogP contribution in [0.25, 0.3) is 0 Å². The van der Waals surface area contributed by atoms with Crippen LogP contribution in [0.4, 0.5) is 0 Å². The number of carbonyl (C=O) groups is 1. The molecule has 0 aromatic heterocycles. The summed E-state index contributed by atoms with van der Waals surface area (Å²) in [5.74, 6) is -0.0207. The van der Waals surface area contributed by atoms with Crippen molar-refractivity contribution in [3.05, 3.63) is 0 Å². The molecule has 0 spiro atoms. The minimum atomic E-state index is -0.615. The molecule has 1 N–H and O–H groups in total. The van der Waals surface area contributed by atoms with E-state index in [1.165, 1.54) is 32.1 Å². The normalized spacial score (nSPS) is 35.0. The summed E-state index contributed by atoms with van der Waals surface area (Å²) >= 11 is 0. The van der Waals surface area contributed by atoms with Crippen molar-refractivity contribution >= 4 is 5.97 Å². The first-order valence-electron chi connectivity index (χ1n) is 7.16. The van der Waals surface area contributed by atoms with E-state index in [0.29, 0.717) is 12.3 Å². The number of nitrogens with zero attached hydrogens (tertiary/aromatic N) is 1. The molecule has 1 aliphatic carbocycles. The molecule has 2 aliphatic rings. The van der Waals surface area contributed by atoms with Gasteiger partial charge in [0, 0.05) is 5.54 Å². The molecule has 0 amide bonds. The molecule has 1 saturated heterocycles. The van der Waals surface area contributed by atoms with Gasteiger partial charge < -0.3 is 5.11 Å². The van der Waals surface area contributed by atoms with Gasteiger partial charge in [0.1, 0.15) is 0 Å². The molecule has 3 heteroatoms. The van der Waals surface area contributed by atoms with Crippen LogP contribution in [0.1, 0.15) is 58.3 Å². The summed E-state index contributed by atoms with van der Waals surface area (Å²) < 4.78 is 0. The average molecular weight is 239 g/mol. The maximum absolute atomic E-state index is 11.2. The van der Waals surface area contributed by atoms with Gasteiger partial charge in [0.05, 0.1) is 6.42 Å². The predicted molar refractivity (Wildman–Crippen MR) is 68.0 cm³/mol. The number of hydrogen-bond acceptors (Lipinski definition) is 2. The van der Waals surface area contributed by atoms with Crippen LogP contribution < -0.4 is 0 Å². The summed E-state index contributed by atoms with van der Waals surface area (Å²) in [6.07, 6.45) is 8.82. The van der Waals surface area contributed by atoms with Crippen LogP contribution >= 0.6 is 0 Å². The fourth-order valence-electron chi connectivity index (χ4n) is 4.07. The van der Waals surface area contributed by atoms with Crippen molar-refractivity contribution in [1.82, 2.24) is 4.90 Å². The van der Waals surface area contributed by atoms with E-state index in [1.54, 1.807) is 0 Å². The van der Waals surface area contributed by atoms with E-state index in [0.717, 1.165) is 25.9 Å². The van der Waals surface area contributed by atoms with Gasteiger partial charge in [0.25, 0.3) is 0 Å². The van der Waals surface area contributed by atoms with Gasteiger partial charge in [0.15, 0.2) is 0 Å². The summed E-state index contributed by atoms with van der Waals surface area (Å²) in [5, 5.41) is 9.26. The second kappa shape index (κ2) is 5.38. The van der Waals surface area contributed by atoms with Crippen LogP contribution in [-0.4, -0.2) is 34.6 Å². The number of carboxylic acid groups (broad SMARTS) is 1. The predicted octanol–water partition coefficient (Wildman–Crippen LogP) is 2.90. The number of carboxylic acids is 1. The molecule has 17 heavy (non-hydrogen) atoms. The summed E-state index contributed by atoms with van der Waals surface area (Å²) in [5.41, 5.74) is -0.0129. The Kier molecular flexibility index (Phi) is 4.08. The first-order chi connectivity index (χ1) is 8.19. The molecule has 3 nitrogen and oxygen atoms in total. The highest BCUT2D eigenvalue weighted by atomic mass is 16.4. The summed E-state index contributed by atoms with van der Waals surface area (Å²) in [6.45, 7) is 4.45. The van der Waals surface area contributed by atoms with Crippen molar-refractivity contribution < 1.29 is 9.90 Å². The van der Waals surface area contributed by atoms with E-state index in [9.17, 15) is 9.90 Å². The average Bonchev–Trinajstić information content (AvgIpc) is 2.73. The SMILES string of the molecule is CCC1CCCC1(CC(=O)O)N1CCCCC1. The van der Waals surface area contributed by atoms with E-state index in [4.69, 9.17) is 0 Å². The van der Waals surface area contributed by atoms with Crippen molar-refractivity contribution in [2.24, 2.45) is 5.92 Å². The van der Waals surface area contributed by atoms with Crippen molar-refractivity contribution in [3.63, 3.8) is 0 Å². The number of hydrogen-bond donors (Lipinski definition) is 1. The highest BCUT2D eigenvalue weighted by Gasteiger charge is 2.47. The van der Waals surface area contributed by atoms with E-state index < -0.39 is 5.97 Å². The molecule has 2 unspecified atom stereocenters. The minimum absolute atomic E-state index is 0.0129. The van der Waals surface area contributed by atoms with E-state index in [-0.39, 0.29) is 5.54 Å². The van der Waals surface area contributed by atoms with E-state index in [1.807, 2.05) is 0 Å². The molecule has 2 rings (SSSR count). The third kappa shape index (κ3) is 2.49. The molecule has 0 radical (unpaired) electrons. The topological polar surface area (TPSA) is 40.5 Å². The van der Waals surface area contributed by atoms with Crippen LogP contribution in [0.5, 0.6) is 0 Å². The number of likely N-dealkylation sites (tertiary alicyclic amines) is 1.